The second-order valence-corrected chi connectivity index (χ2v) is 10.7. The standard InChI is InChI=1S/C21H24N2OS.C10H22O.C3H8.C2H4O.C2H6/c1-6-8-10-18-15(4)22-12-19(18)20-13-25-21(23-20)14(3)11-17(9-7-2)16(5)24;1-4-8-11-9-7-10(5-2)6-3;1-3-2;1-2-3;1-2/h6,8-13,22H,1,7H2,2-5H3;10H,4-9H2,1-3H3;3H2,1-2H3;2H,1H3;1-2H3/b10-8-,14-11+,17-9+;;;;. The fourth-order valence-electron chi connectivity index (χ4n) is 3.72. The Morgan fingerprint density at radius 3 is 2.16 bits per heavy atom. The van der Waals surface area contributed by atoms with E-state index in [9.17, 15) is 4.79 Å². The monoisotopic (exact) mass is 628 g/mol. The quantitative estimate of drug-likeness (QED) is 0.0977. The normalized spacial score (nSPS) is 10.8. The number of aldehydes is 1. The summed E-state index contributed by atoms with van der Waals surface area (Å²) in [6.45, 7) is 29.6. The molecule has 0 bridgehead atoms. The maximum Gasteiger partial charge on any atom is 0.159 e. The summed E-state index contributed by atoms with van der Waals surface area (Å²) in [7, 11) is 0. The van der Waals surface area contributed by atoms with E-state index in [4.69, 9.17) is 14.5 Å². The number of nitrogens with zero attached hydrogens (tertiary/aromatic N) is 1. The number of ketones is 1. The van der Waals surface area contributed by atoms with Crippen molar-refractivity contribution in [3.8, 4) is 11.3 Å². The Kier molecular flexibility index (Phi) is 32.7. The number of nitrogens with one attached hydrogen (secondary N) is 1. The lowest BCUT2D eigenvalue weighted by Gasteiger charge is -2.11. The van der Waals surface area contributed by atoms with Gasteiger partial charge in [0.15, 0.2) is 5.78 Å². The minimum atomic E-state index is 0.0797. The number of allylic oxidation sites excluding steroid dienone is 6. The Bertz CT molecular complexity index is 1090. The molecule has 2 aromatic rings. The molecule has 2 aromatic heterocycles. The van der Waals surface area contributed by atoms with E-state index in [0.29, 0.717) is 0 Å². The number of hydrogen-bond donors (Lipinski definition) is 1. The first-order valence-electron chi connectivity index (χ1n) is 16.5. The zero-order valence-corrected chi connectivity index (χ0v) is 31.0. The molecule has 0 radical (unpaired) electrons. The van der Waals surface area contributed by atoms with E-state index in [2.05, 4.69) is 51.6 Å². The number of aromatic amines is 1. The van der Waals surface area contributed by atoms with E-state index in [1.54, 1.807) is 24.3 Å². The molecule has 2 heterocycles. The van der Waals surface area contributed by atoms with Crippen LogP contribution in [0.25, 0.3) is 22.9 Å². The lowest BCUT2D eigenvalue weighted by Crippen LogP contribution is -2.03. The van der Waals surface area contributed by atoms with Crippen molar-refractivity contribution in [2.24, 2.45) is 5.92 Å². The number of ether oxygens (including phenoxy) is 1. The zero-order valence-electron chi connectivity index (χ0n) is 30.1. The number of rotatable bonds is 14. The molecule has 0 fully saturated rings. The summed E-state index contributed by atoms with van der Waals surface area (Å²) in [4.78, 5) is 28.6. The van der Waals surface area contributed by atoms with Gasteiger partial charge in [-0.05, 0) is 64.5 Å². The van der Waals surface area contributed by atoms with Crippen LogP contribution in [0.1, 0.15) is 131 Å². The van der Waals surface area contributed by atoms with Gasteiger partial charge in [-0.1, -0.05) is 106 Å². The molecule has 1 N–H and O–H groups in total. The van der Waals surface area contributed by atoms with Gasteiger partial charge in [-0.15, -0.1) is 11.3 Å². The van der Waals surface area contributed by atoms with Gasteiger partial charge < -0.3 is 14.5 Å². The van der Waals surface area contributed by atoms with Gasteiger partial charge in [0.2, 0.25) is 0 Å². The predicted molar refractivity (Wildman–Crippen MR) is 197 cm³/mol. The molecular weight excluding hydrogens is 564 g/mol. The maximum atomic E-state index is 11.7. The Hall–Kier alpha value is -2.83. The van der Waals surface area contributed by atoms with E-state index in [-0.39, 0.29) is 5.78 Å². The van der Waals surface area contributed by atoms with Crippen LogP contribution in [-0.4, -0.2) is 35.3 Å². The summed E-state index contributed by atoms with van der Waals surface area (Å²) in [5.41, 5.74) is 5.96. The summed E-state index contributed by atoms with van der Waals surface area (Å²) in [5.74, 6) is 0.961. The van der Waals surface area contributed by atoms with Crippen LogP contribution in [-0.2, 0) is 14.3 Å². The second kappa shape index (κ2) is 31.6. The van der Waals surface area contributed by atoms with E-state index < -0.39 is 0 Å². The molecule has 5 nitrogen and oxygen atoms in total. The largest absolute Gasteiger partial charge is 0.381 e. The molecule has 0 aromatic carbocycles. The molecule has 0 aliphatic heterocycles. The number of Topliss-reactive ketones (excluding diaryl/α,β-unsaturated/α-hetero) is 1. The van der Waals surface area contributed by atoms with Crippen molar-refractivity contribution < 1.29 is 14.3 Å². The van der Waals surface area contributed by atoms with Gasteiger partial charge in [-0.25, -0.2) is 4.98 Å². The van der Waals surface area contributed by atoms with Crippen molar-refractivity contribution in [2.75, 3.05) is 13.2 Å². The van der Waals surface area contributed by atoms with Crippen molar-refractivity contribution in [3.63, 3.8) is 0 Å². The molecule has 2 rings (SSSR count). The summed E-state index contributed by atoms with van der Waals surface area (Å²) < 4.78 is 5.42. The van der Waals surface area contributed by atoms with Gasteiger partial charge in [0.25, 0.3) is 0 Å². The second-order valence-electron chi connectivity index (χ2n) is 9.85. The first kappa shape index (κ1) is 45.6. The van der Waals surface area contributed by atoms with Gasteiger partial charge in [0.05, 0.1) is 5.69 Å². The lowest BCUT2D eigenvalue weighted by atomic mass is 10.0. The smallest absolute Gasteiger partial charge is 0.159 e. The highest BCUT2D eigenvalue weighted by atomic mass is 32.1. The molecule has 0 unspecified atom stereocenters. The maximum absolute atomic E-state index is 11.7. The van der Waals surface area contributed by atoms with Crippen molar-refractivity contribution in [1.82, 2.24) is 9.97 Å². The molecule has 44 heavy (non-hydrogen) atoms. The number of thiazole rings is 1. The average molecular weight is 629 g/mol. The summed E-state index contributed by atoms with van der Waals surface area (Å²) in [6, 6.07) is 0. The number of hydrogen-bond acceptors (Lipinski definition) is 5. The van der Waals surface area contributed by atoms with Gasteiger partial charge in [0.1, 0.15) is 11.3 Å². The number of H-pyrrole nitrogens is 1. The molecule has 0 saturated carbocycles. The van der Waals surface area contributed by atoms with Crippen LogP contribution in [0.4, 0.5) is 0 Å². The van der Waals surface area contributed by atoms with E-state index in [1.165, 1.54) is 32.6 Å². The molecule has 0 aliphatic carbocycles. The first-order valence-corrected chi connectivity index (χ1v) is 17.3. The summed E-state index contributed by atoms with van der Waals surface area (Å²) >= 11 is 1.59. The minimum Gasteiger partial charge on any atom is -0.381 e. The zero-order chi connectivity index (χ0) is 34.3. The van der Waals surface area contributed by atoms with Crippen LogP contribution in [0.5, 0.6) is 0 Å². The van der Waals surface area contributed by atoms with E-state index in [1.807, 2.05) is 65.1 Å². The van der Waals surface area contributed by atoms with Crippen LogP contribution in [0.3, 0.4) is 0 Å². The highest BCUT2D eigenvalue weighted by molar-refractivity contribution is 7.11. The van der Waals surface area contributed by atoms with Gasteiger partial charge >= 0.3 is 0 Å². The SMILES string of the molecule is C=C/C=C\c1c(-c2csc(/C(C)=C/C(=C\CC)C(C)=O)n2)c[nH]c1C.CC.CC=O.CCC.CCCOCCC(CC)CC. The highest BCUT2D eigenvalue weighted by Gasteiger charge is 2.13. The Morgan fingerprint density at radius 1 is 1.09 bits per heavy atom. The Balaban J connectivity index is -0.000000735. The van der Waals surface area contributed by atoms with Crippen molar-refractivity contribution in [1.29, 1.82) is 0 Å². The third-order valence-corrected chi connectivity index (χ3v) is 7.00. The molecule has 6 heteroatoms. The third-order valence-electron chi connectivity index (χ3n) is 6.02. The van der Waals surface area contributed by atoms with E-state index in [0.717, 1.165) is 76.9 Å². The summed E-state index contributed by atoms with van der Waals surface area (Å²) in [6.07, 6.45) is 19.4. The van der Waals surface area contributed by atoms with Crippen LogP contribution < -0.4 is 0 Å². The Morgan fingerprint density at radius 2 is 1.68 bits per heavy atom. The Labute approximate surface area is 275 Å². The minimum absolute atomic E-state index is 0.0797. The molecule has 0 spiro atoms. The number of carbonyl (C=O) groups excluding carboxylic acids is 2. The summed E-state index contributed by atoms with van der Waals surface area (Å²) in [5, 5.41) is 2.98. The lowest BCUT2D eigenvalue weighted by molar-refractivity contribution is -0.113. The molecule has 0 amide bonds. The van der Waals surface area contributed by atoms with Crippen molar-refractivity contribution in [3.05, 3.63) is 64.3 Å². The van der Waals surface area contributed by atoms with E-state index >= 15 is 0 Å². The molecular formula is C38H64N2O3S. The van der Waals surface area contributed by atoms with Gasteiger partial charge in [-0.3, -0.25) is 4.79 Å². The van der Waals surface area contributed by atoms with Crippen molar-refractivity contribution >= 4 is 35.1 Å². The fraction of sp³-hybridized carbons (Fsp3) is 0.553. The number of carbonyl (C=O) groups is 2. The van der Waals surface area contributed by atoms with Crippen molar-refractivity contribution in [2.45, 2.75) is 122 Å². The van der Waals surface area contributed by atoms with Gasteiger partial charge in [0, 0.05) is 47.2 Å². The highest BCUT2D eigenvalue weighted by Crippen LogP contribution is 2.31. The molecule has 0 saturated heterocycles. The fourth-order valence-corrected chi connectivity index (χ4v) is 4.52. The van der Waals surface area contributed by atoms with Crippen LogP contribution >= 0.6 is 11.3 Å². The molecule has 0 aliphatic rings. The van der Waals surface area contributed by atoms with Gasteiger partial charge in [-0.2, -0.15) is 0 Å². The predicted octanol–water partition coefficient (Wildman–Crippen LogP) is 11.9. The van der Waals surface area contributed by atoms with Crippen LogP contribution in [0.15, 0.2) is 48.0 Å². The number of aromatic nitrogens is 2. The third kappa shape index (κ3) is 21.0. The molecule has 0 atom stereocenters. The van der Waals surface area contributed by atoms with Crippen LogP contribution in [0, 0.1) is 12.8 Å². The first-order chi connectivity index (χ1) is 21.1. The number of aryl methyl sites for hydroxylation is 1. The average Bonchev–Trinajstić information content (AvgIpc) is 3.65. The topological polar surface area (TPSA) is 72.0 Å². The van der Waals surface area contributed by atoms with Crippen LogP contribution in [0.2, 0.25) is 0 Å². The molecule has 250 valence electrons.